The maximum atomic E-state index is 9.23. The summed E-state index contributed by atoms with van der Waals surface area (Å²) in [6, 6.07) is 5.76. The molecule has 1 N–H and O–H groups in total. The van der Waals surface area contributed by atoms with Crippen molar-refractivity contribution in [1.82, 2.24) is 0 Å². The van der Waals surface area contributed by atoms with Crippen molar-refractivity contribution in [3.63, 3.8) is 0 Å². The zero-order valence-electron chi connectivity index (χ0n) is 5.91. The smallest absolute Gasteiger partial charge is 0.172 e. The van der Waals surface area contributed by atoms with Gasteiger partial charge in [-0.1, -0.05) is 11.3 Å². The Morgan fingerprint density at radius 2 is 2.08 bits per heavy atom. The predicted molar refractivity (Wildman–Crippen MR) is 63.5 cm³/mol. The van der Waals surface area contributed by atoms with Crippen LogP contribution in [-0.2, 0) is 0 Å². The number of halogens is 1. The molecule has 2 aromatic rings. The van der Waals surface area contributed by atoms with Gasteiger partial charge < -0.3 is 5.11 Å². The first kappa shape index (κ1) is 8.65. The van der Waals surface area contributed by atoms with E-state index in [4.69, 9.17) is 0 Å². The summed E-state index contributed by atoms with van der Waals surface area (Å²) >= 11 is 7.92. The summed E-state index contributed by atoms with van der Waals surface area (Å²) in [5.41, 5.74) is 0. The minimum absolute atomic E-state index is 0.361. The number of rotatable bonds is 0. The largest absolute Gasteiger partial charge is 0.499 e. The first-order chi connectivity index (χ1) is 5.66. The minimum atomic E-state index is 0.361. The van der Waals surface area contributed by atoms with E-state index in [0.717, 1.165) is 18.6 Å². The molecule has 0 atom stereocenters. The van der Waals surface area contributed by atoms with Gasteiger partial charge in [0.25, 0.3) is 0 Å². The topological polar surface area (TPSA) is 20.2 Å². The number of hydrogen-bond acceptors (Lipinski definition) is 3. The average Bonchev–Trinajstić information content (AvgIpc) is 2.30. The fraction of sp³-hybridized carbons (Fsp3) is 0. The van der Waals surface area contributed by atoms with Crippen LogP contribution in [0.4, 0.5) is 0 Å². The van der Waals surface area contributed by atoms with E-state index >= 15 is 0 Å². The number of thiophene rings is 1. The zero-order chi connectivity index (χ0) is 8.72. The van der Waals surface area contributed by atoms with Crippen LogP contribution in [0, 0.1) is 3.57 Å². The molecule has 0 spiro atoms. The average molecular weight is 308 g/mol. The predicted octanol–water partition coefficient (Wildman–Crippen LogP) is 3.50. The summed E-state index contributed by atoms with van der Waals surface area (Å²) < 4.78 is 2.22. The SMILES string of the molecule is Oc1cc2cc(S)c(I)cc2s1. The molecule has 0 radical (unpaired) electrons. The minimum Gasteiger partial charge on any atom is -0.499 e. The quantitative estimate of drug-likeness (QED) is 0.564. The Hall–Kier alpha value is 0.0600. The lowest BCUT2D eigenvalue weighted by Crippen LogP contribution is -1.72. The highest BCUT2D eigenvalue weighted by atomic mass is 127. The molecule has 2 rings (SSSR count). The molecule has 0 saturated heterocycles. The van der Waals surface area contributed by atoms with Crippen LogP contribution in [0.5, 0.6) is 5.06 Å². The summed E-state index contributed by atoms with van der Waals surface area (Å²) in [5.74, 6) is 0. The Balaban J connectivity index is 2.83. The van der Waals surface area contributed by atoms with Gasteiger partial charge in [-0.3, -0.25) is 0 Å². The van der Waals surface area contributed by atoms with E-state index < -0.39 is 0 Å². The fourth-order valence-electron chi connectivity index (χ4n) is 1.04. The van der Waals surface area contributed by atoms with Crippen molar-refractivity contribution in [3.05, 3.63) is 21.8 Å². The molecule has 0 bridgehead atoms. The van der Waals surface area contributed by atoms with Crippen molar-refractivity contribution < 1.29 is 5.11 Å². The van der Waals surface area contributed by atoms with Crippen molar-refractivity contribution in [2.24, 2.45) is 0 Å². The lowest BCUT2D eigenvalue weighted by Gasteiger charge is -1.95. The highest BCUT2D eigenvalue weighted by Gasteiger charge is 2.03. The molecule has 0 fully saturated rings. The zero-order valence-corrected chi connectivity index (χ0v) is 9.78. The van der Waals surface area contributed by atoms with Crippen LogP contribution in [0.25, 0.3) is 10.1 Å². The van der Waals surface area contributed by atoms with Gasteiger partial charge in [0.1, 0.15) is 0 Å². The maximum absolute atomic E-state index is 9.23. The van der Waals surface area contributed by atoms with Crippen molar-refractivity contribution in [2.75, 3.05) is 0 Å². The summed E-state index contributed by atoms with van der Waals surface area (Å²) in [5, 5.41) is 10.6. The number of hydrogen-bond donors (Lipinski definition) is 2. The molecule has 0 amide bonds. The first-order valence-electron chi connectivity index (χ1n) is 3.28. The van der Waals surface area contributed by atoms with Crippen LogP contribution in [0.3, 0.4) is 0 Å². The second-order valence-electron chi connectivity index (χ2n) is 2.43. The van der Waals surface area contributed by atoms with Crippen molar-refractivity contribution >= 4 is 56.6 Å². The van der Waals surface area contributed by atoms with E-state index in [2.05, 4.69) is 35.2 Å². The number of aromatic hydroxyl groups is 1. The van der Waals surface area contributed by atoms with Gasteiger partial charge in [-0.05, 0) is 46.2 Å². The van der Waals surface area contributed by atoms with Crippen molar-refractivity contribution in [3.8, 4) is 5.06 Å². The van der Waals surface area contributed by atoms with Gasteiger partial charge in [-0.2, -0.15) is 0 Å². The highest BCUT2D eigenvalue weighted by Crippen LogP contribution is 2.33. The van der Waals surface area contributed by atoms with Gasteiger partial charge in [0.2, 0.25) is 0 Å². The standard InChI is InChI=1S/C8H5IOS2/c9-5-3-7-4(1-6(5)11)2-8(10)12-7/h1-3,10-11H. The van der Waals surface area contributed by atoms with E-state index in [-0.39, 0.29) is 0 Å². The van der Waals surface area contributed by atoms with Gasteiger partial charge in [0.15, 0.2) is 5.06 Å². The molecule has 0 aliphatic carbocycles. The second kappa shape index (κ2) is 3.08. The van der Waals surface area contributed by atoms with E-state index in [1.807, 2.05) is 12.1 Å². The van der Waals surface area contributed by atoms with Gasteiger partial charge in [-0.15, -0.1) is 12.6 Å². The van der Waals surface area contributed by atoms with Crippen molar-refractivity contribution in [2.45, 2.75) is 4.90 Å². The maximum Gasteiger partial charge on any atom is 0.172 e. The molecule has 62 valence electrons. The Bertz CT molecular complexity index is 397. The molecule has 1 aromatic carbocycles. The van der Waals surface area contributed by atoms with Crippen LogP contribution in [-0.4, -0.2) is 5.11 Å². The monoisotopic (exact) mass is 308 g/mol. The number of thiol groups is 1. The third kappa shape index (κ3) is 1.43. The second-order valence-corrected chi connectivity index (χ2v) is 5.13. The normalized spacial score (nSPS) is 10.8. The Kier molecular flexibility index (Phi) is 2.22. The molecular formula is C8H5IOS2. The van der Waals surface area contributed by atoms with Gasteiger partial charge in [-0.25, -0.2) is 0 Å². The van der Waals surface area contributed by atoms with Gasteiger partial charge in [0, 0.05) is 13.2 Å². The van der Waals surface area contributed by atoms with E-state index in [0.29, 0.717) is 5.06 Å². The van der Waals surface area contributed by atoms with Gasteiger partial charge >= 0.3 is 0 Å². The molecule has 0 saturated carbocycles. The number of fused-ring (bicyclic) bond motifs is 1. The Labute approximate surface area is 93.0 Å². The first-order valence-corrected chi connectivity index (χ1v) is 5.62. The summed E-state index contributed by atoms with van der Waals surface area (Å²) in [6.45, 7) is 0. The third-order valence-corrected chi connectivity index (χ3v) is 4.16. The van der Waals surface area contributed by atoms with Crippen LogP contribution in [0.15, 0.2) is 23.1 Å². The molecule has 0 unspecified atom stereocenters. The molecule has 12 heavy (non-hydrogen) atoms. The Morgan fingerprint density at radius 1 is 1.33 bits per heavy atom. The molecule has 1 heterocycles. The van der Waals surface area contributed by atoms with E-state index in [1.54, 1.807) is 6.07 Å². The van der Waals surface area contributed by atoms with Crippen LogP contribution in [0.1, 0.15) is 0 Å². The molecule has 0 aliphatic heterocycles. The summed E-state index contributed by atoms with van der Waals surface area (Å²) in [7, 11) is 0. The van der Waals surface area contributed by atoms with Gasteiger partial charge in [0.05, 0.1) is 0 Å². The highest BCUT2D eigenvalue weighted by molar-refractivity contribution is 14.1. The molecular weight excluding hydrogens is 303 g/mol. The third-order valence-electron chi connectivity index (χ3n) is 1.57. The van der Waals surface area contributed by atoms with E-state index in [9.17, 15) is 5.11 Å². The summed E-state index contributed by atoms with van der Waals surface area (Å²) in [6.07, 6.45) is 0. The lowest BCUT2D eigenvalue weighted by molar-refractivity contribution is 0.491. The molecule has 0 aliphatic rings. The van der Waals surface area contributed by atoms with Crippen LogP contribution in [0.2, 0.25) is 0 Å². The molecule has 1 nitrogen and oxygen atoms in total. The summed E-state index contributed by atoms with van der Waals surface area (Å²) in [4.78, 5) is 0.959. The lowest BCUT2D eigenvalue weighted by atomic mass is 10.3. The number of benzene rings is 1. The molecule has 1 aromatic heterocycles. The Morgan fingerprint density at radius 3 is 2.83 bits per heavy atom. The van der Waals surface area contributed by atoms with Crippen LogP contribution < -0.4 is 0 Å². The van der Waals surface area contributed by atoms with E-state index in [1.165, 1.54) is 11.3 Å². The van der Waals surface area contributed by atoms with Crippen molar-refractivity contribution in [1.29, 1.82) is 0 Å². The molecule has 4 heteroatoms. The fourth-order valence-corrected chi connectivity index (χ4v) is 2.74. The van der Waals surface area contributed by atoms with Crippen LogP contribution >= 0.6 is 46.6 Å².